The maximum Gasteiger partial charge on any atom is 0.240 e. The third-order valence-corrected chi connectivity index (χ3v) is 4.63. The predicted molar refractivity (Wildman–Crippen MR) is 96.5 cm³/mol. The van der Waals surface area contributed by atoms with Gasteiger partial charge < -0.3 is 15.4 Å². The largest absolute Gasteiger partial charge is 0.495 e. The standard InChI is InChI=1S/C19H18ClFN2O3/c1-26-16-7-4-13(20)10-15(16)23-18(25)19(8-9-19)17(24)22-11-12-2-5-14(21)6-3-12/h2-7,10H,8-9,11H2,1H3,(H,22,24)(H,23,25). The van der Waals surface area contributed by atoms with Gasteiger partial charge in [-0.15, -0.1) is 0 Å². The minimum absolute atomic E-state index is 0.231. The Kier molecular flexibility index (Phi) is 5.13. The fourth-order valence-corrected chi connectivity index (χ4v) is 2.83. The van der Waals surface area contributed by atoms with Gasteiger partial charge in [-0.2, -0.15) is 0 Å². The van der Waals surface area contributed by atoms with Crippen LogP contribution in [0.1, 0.15) is 18.4 Å². The molecule has 26 heavy (non-hydrogen) atoms. The van der Waals surface area contributed by atoms with Crippen LogP contribution in [0.3, 0.4) is 0 Å². The van der Waals surface area contributed by atoms with Gasteiger partial charge in [0, 0.05) is 11.6 Å². The molecule has 1 aliphatic carbocycles. The molecular weight excluding hydrogens is 359 g/mol. The van der Waals surface area contributed by atoms with Gasteiger partial charge in [-0.25, -0.2) is 4.39 Å². The Morgan fingerprint density at radius 2 is 1.85 bits per heavy atom. The van der Waals surface area contributed by atoms with E-state index in [-0.39, 0.29) is 18.3 Å². The van der Waals surface area contributed by atoms with E-state index in [1.165, 1.54) is 19.2 Å². The Morgan fingerprint density at radius 3 is 2.46 bits per heavy atom. The Bertz CT molecular complexity index is 835. The minimum Gasteiger partial charge on any atom is -0.495 e. The van der Waals surface area contributed by atoms with Crippen molar-refractivity contribution >= 4 is 29.1 Å². The summed E-state index contributed by atoms with van der Waals surface area (Å²) < 4.78 is 18.1. The second kappa shape index (κ2) is 7.33. The van der Waals surface area contributed by atoms with E-state index in [9.17, 15) is 14.0 Å². The molecule has 0 radical (unpaired) electrons. The molecule has 0 aliphatic heterocycles. The summed E-state index contributed by atoms with van der Waals surface area (Å²) in [6, 6.07) is 10.7. The van der Waals surface area contributed by atoms with Crippen LogP contribution < -0.4 is 15.4 Å². The molecule has 3 rings (SSSR count). The summed E-state index contributed by atoms with van der Waals surface area (Å²) >= 11 is 5.97. The molecule has 2 aromatic rings. The van der Waals surface area contributed by atoms with E-state index in [1.807, 2.05) is 0 Å². The molecule has 0 spiro atoms. The summed E-state index contributed by atoms with van der Waals surface area (Å²) in [6.07, 6.45) is 0.938. The molecule has 1 aliphatic rings. The normalized spacial score (nSPS) is 14.4. The maximum atomic E-state index is 12.9. The lowest BCUT2D eigenvalue weighted by molar-refractivity contribution is -0.134. The van der Waals surface area contributed by atoms with Gasteiger partial charge in [0.15, 0.2) is 0 Å². The van der Waals surface area contributed by atoms with Crippen molar-refractivity contribution in [3.05, 3.63) is 58.9 Å². The highest BCUT2D eigenvalue weighted by Gasteiger charge is 2.56. The fourth-order valence-electron chi connectivity index (χ4n) is 2.66. The number of carbonyl (C=O) groups is 2. The lowest BCUT2D eigenvalue weighted by Crippen LogP contribution is -2.39. The number of methoxy groups -OCH3 is 1. The van der Waals surface area contributed by atoms with Gasteiger partial charge in [-0.3, -0.25) is 9.59 Å². The van der Waals surface area contributed by atoms with Crippen LogP contribution in [0.5, 0.6) is 5.75 Å². The van der Waals surface area contributed by atoms with Crippen LogP contribution in [-0.4, -0.2) is 18.9 Å². The van der Waals surface area contributed by atoms with Crippen LogP contribution >= 0.6 is 11.6 Å². The first-order chi connectivity index (χ1) is 12.4. The molecular formula is C19H18ClFN2O3. The van der Waals surface area contributed by atoms with E-state index in [2.05, 4.69) is 10.6 Å². The number of halogens is 2. The SMILES string of the molecule is COc1ccc(Cl)cc1NC(=O)C1(C(=O)NCc2ccc(F)cc2)CC1. The molecule has 2 aromatic carbocycles. The van der Waals surface area contributed by atoms with Crippen molar-refractivity contribution < 1.29 is 18.7 Å². The van der Waals surface area contributed by atoms with Crippen molar-refractivity contribution in [3.63, 3.8) is 0 Å². The fraction of sp³-hybridized carbons (Fsp3) is 0.263. The second-order valence-electron chi connectivity index (χ2n) is 6.19. The topological polar surface area (TPSA) is 67.4 Å². The third kappa shape index (κ3) is 3.80. The first-order valence-corrected chi connectivity index (χ1v) is 8.50. The Balaban J connectivity index is 1.66. The predicted octanol–water partition coefficient (Wildman–Crippen LogP) is 3.52. The zero-order valence-electron chi connectivity index (χ0n) is 14.1. The van der Waals surface area contributed by atoms with Crippen LogP contribution in [0.15, 0.2) is 42.5 Å². The second-order valence-corrected chi connectivity index (χ2v) is 6.63. The van der Waals surface area contributed by atoms with Crippen molar-refractivity contribution in [3.8, 4) is 5.75 Å². The Hall–Kier alpha value is -2.60. The highest BCUT2D eigenvalue weighted by Crippen LogP contribution is 2.47. The van der Waals surface area contributed by atoms with E-state index >= 15 is 0 Å². The molecule has 2 amide bonds. The van der Waals surface area contributed by atoms with Gasteiger partial charge in [0.25, 0.3) is 0 Å². The molecule has 136 valence electrons. The summed E-state index contributed by atoms with van der Waals surface area (Å²) in [6.45, 7) is 0.231. The van der Waals surface area contributed by atoms with Gasteiger partial charge in [-0.1, -0.05) is 23.7 Å². The highest BCUT2D eigenvalue weighted by atomic mass is 35.5. The summed E-state index contributed by atoms with van der Waals surface area (Å²) in [5, 5.41) is 5.93. The van der Waals surface area contributed by atoms with Crippen LogP contribution in [0.2, 0.25) is 5.02 Å². The summed E-state index contributed by atoms with van der Waals surface area (Å²) in [5.41, 5.74) is 0.0861. The molecule has 0 unspecified atom stereocenters. The molecule has 0 heterocycles. The van der Waals surface area contributed by atoms with Gasteiger partial charge >= 0.3 is 0 Å². The number of ether oxygens (including phenoxy) is 1. The highest BCUT2D eigenvalue weighted by molar-refractivity contribution is 6.31. The third-order valence-electron chi connectivity index (χ3n) is 4.40. The van der Waals surface area contributed by atoms with Gasteiger partial charge in [0.05, 0.1) is 12.8 Å². The lowest BCUT2D eigenvalue weighted by atomic mass is 10.0. The van der Waals surface area contributed by atoms with Crippen LogP contribution in [-0.2, 0) is 16.1 Å². The van der Waals surface area contributed by atoms with Gasteiger partial charge in [-0.05, 0) is 48.7 Å². The quantitative estimate of drug-likeness (QED) is 0.758. The molecule has 0 aromatic heterocycles. The Morgan fingerprint density at radius 1 is 1.15 bits per heavy atom. The number of nitrogens with one attached hydrogen (secondary N) is 2. The molecule has 5 nitrogen and oxygen atoms in total. The minimum atomic E-state index is -1.09. The van der Waals surface area contributed by atoms with E-state index < -0.39 is 11.3 Å². The van der Waals surface area contributed by atoms with Crippen LogP contribution in [0.4, 0.5) is 10.1 Å². The first-order valence-electron chi connectivity index (χ1n) is 8.12. The number of anilines is 1. The molecule has 1 saturated carbocycles. The Labute approximate surface area is 155 Å². The number of benzene rings is 2. The lowest BCUT2D eigenvalue weighted by Gasteiger charge is -2.17. The molecule has 0 bridgehead atoms. The summed E-state index contributed by atoms with van der Waals surface area (Å²) in [4.78, 5) is 25.2. The number of hydrogen-bond acceptors (Lipinski definition) is 3. The molecule has 2 N–H and O–H groups in total. The maximum absolute atomic E-state index is 12.9. The molecule has 0 saturated heterocycles. The van der Waals surface area contributed by atoms with E-state index in [0.717, 1.165) is 5.56 Å². The van der Waals surface area contributed by atoms with Gasteiger partial charge in [0.1, 0.15) is 17.0 Å². The van der Waals surface area contributed by atoms with E-state index in [0.29, 0.717) is 29.3 Å². The average molecular weight is 377 g/mol. The summed E-state index contributed by atoms with van der Waals surface area (Å²) in [7, 11) is 1.49. The zero-order valence-corrected chi connectivity index (χ0v) is 14.9. The monoisotopic (exact) mass is 376 g/mol. The van der Waals surface area contributed by atoms with Crippen molar-refractivity contribution in [2.45, 2.75) is 19.4 Å². The number of rotatable bonds is 6. The van der Waals surface area contributed by atoms with Crippen LogP contribution in [0, 0.1) is 11.2 Å². The number of amides is 2. The van der Waals surface area contributed by atoms with Crippen molar-refractivity contribution in [1.82, 2.24) is 5.32 Å². The van der Waals surface area contributed by atoms with Crippen LogP contribution in [0.25, 0.3) is 0 Å². The van der Waals surface area contributed by atoms with Crippen molar-refractivity contribution in [2.24, 2.45) is 5.41 Å². The van der Waals surface area contributed by atoms with E-state index in [1.54, 1.807) is 30.3 Å². The van der Waals surface area contributed by atoms with E-state index in [4.69, 9.17) is 16.3 Å². The number of hydrogen-bond donors (Lipinski definition) is 2. The van der Waals surface area contributed by atoms with Gasteiger partial charge in [0.2, 0.25) is 11.8 Å². The van der Waals surface area contributed by atoms with Crippen molar-refractivity contribution in [2.75, 3.05) is 12.4 Å². The summed E-state index contributed by atoms with van der Waals surface area (Å²) in [5.74, 6) is -0.617. The number of carbonyl (C=O) groups excluding carboxylic acids is 2. The first kappa shape index (κ1) is 18.2. The zero-order chi connectivity index (χ0) is 18.7. The van der Waals surface area contributed by atoms with Crippen molar-refractivity contribution in [1.29, 1.82) is 0 Å². The molecule has 7 heteroatoms. The molecule has 0 atom stereocenters. The molecule has 1 fully saturated rings. The smallest absolute Gasteiger partial charge is 0.240 e. The average Bonchev–Trinajstić information content (AvgIpc) is 3.43.